The Morgan fingerprint density at radius 1 is 1.16 bits per heavy atom. The number of halogens is 3. The molecule has 31 heavy (non-hydrogen) atoms. The van der Waals surface area contributed by atoms with Crippen LogP contribution in [-0.4, -0.2) is 15.2 Å². The third kappa shape index (κ3) is 4.50. The molecule has 0 N–H and O–H groups in total. The molecule has 154 valence electrons. The van der Waals surface area contributed by atoms with Crippen LogP contribution in [0.25, 0.3) is 11.5 Å². The minimum absolute atomic E-state index is 0.0324. The molecular weight excluding hydrogens is 442 g/mol. The van der Waals surface area contributed by atoms with Gasteiger partial charge in [0.25, 0.3) is 0 Å². The van der Waals surface area contributed by atoms with Gasteiger partial charge in [-0.3, -0.25) is 4.98 Å². The van der Waals surface area contributed by atoms with Crippen LogP contribution in [0.15, 0.2) is 53.2 Å². The largest absolute Gasteiger partial charge is 0.453 e. The topological polar surface area (TPSA) is 84.8 Å². The molecule has 6 nitrogen and oxygen atoms in total. The van der Waals surface area contributed by atoms with Gasteiger partial charge < -0.3 is 9.15 Å². The number of ether oxygens (including phenoxy) is 1. The van der Waals surface area contributed by atoms with Crippen LogP contribution < -0.4 is 4.74 Å². The van der Waals surface area contributed by atoms with Crippen molar-refractivity contribution in [2.45, 2.75) is 13.3 Å². The fraction of sp³-hybridized carbons (Fsp3) is 0.0909. The average molecular weight is 455 g/mol. The Labute approximate surface area is 186 Å². The van der Waals surface area contributed by atoms with Gasteiger partial charge >= 0.3 is 0 Å². The summed E-state index contributed by atoms with van der Waals surface area (Å²) in [4.78, 5) is 4.06. The molecule has 4 rings (SSSR count). The molecular formula is C22H13Cl2FN4O2. The Morgan fingerprint density at radius 3 is 2.77 bits per heavy atom. The van der Waals surface area contributed by atoms with E-state index in [-0.39, 0.29) is 45.0 Å². The van der Waals surface area contributed by atoms with Crippen molar-refractivity contribution < 1.29 is 13.5 Å². The highest BCUT2D eigenvalue weighted by Crippen LogP contribution is 2.36. The Kier molecular flexibility index (Phi) is 5.85. The summed E-state index contributed by atoms with van der Waals surface area (Å²) in [5.41, 5.74) is 2.16. The number of hydrogen-bond donors (Lipinski definition) is 0. The predicted molar refractivity (Wildman–Crippen MR) is 113 cm³/mol. The van der Waals surface area contributed by atoms with E-state index in [2.05, 4.69) is 15.2 Å². The van der Waals surface area contributed by atoms with Crippen molar-refractivity contribution in [1.29, 1.82) is 5.26 Å². The zero-order valence-electron chi connectivity index (χ0n) is 16.1. The zero-order valence-corrected chi connectivity index (χ0v) is 17.6. The van der Waals surface area contributed by atoms with E-state index >= 15 is 4.39 Å². The Morgan fingerprint density at radius 2 is 2.00 bits per heavy atom. The van der Waals surface area contributed by atoms with E-state index in [4.69, 9.17) is 37.6 Å². The van der Waals surface area contributed by atoms with Gasteiger partial charge in [-0.1, -0.05) is 29.3 Å². The van der Waals surface area contributed by atoms with Gasteiger partial charge in [-0.05, 0) is 42.8 Å². The molecule has 0 saturated carbocycles. The summed E-state index contributed by atoms with van der Waals surface area (Å²) in [5.74, 6) is -0.153. The molecule has 0 bridgehead atoms. The highest BCUT2D eigenvalue weighted by Gasteiger charge is 2.19. The summed E-state index contributed by atoms with van der Waals surface area (Å²) >= 11 is 12.1. The summed E-state index contributed by atoms with van der Waals surface area (Å²) < 4.78 is 26.5. The SMILES string of the molecule is Cc1ccncc1-c1nnc(Cc2ccc(Cl)c(Oc3cc(Cl)cc(C#N)c3)c2F)o1. The molecule has 0 aliphatic heterocycles. The van der Waals surface area contributed by atoms with Crippen molar-refractivity contribution in [3.8, 4) is 29.0 Å². The molecule has 2 aromatic carbocycles. The van der Waals surface area contributed by atoms with Gasteiger partial charge in [0, 0.05) is 23.0 Å². The Hall–Kier alpha value is -3.47. The van der Waals surface area contributed by atoms with E-state index in [9.17, 15) is 0 Å². The lowest BCUT2D eigenvalue weighted by Crippen LogP contribution is -1.98. The fourth-order valence-corrected chi connectivity index (χ4v) is 3.30. The van der Waals surface area contributed by atoms with E-state index in [0.29, 0.717) is 11.5 Å². The molecule has 0 atom stereocenters. The van der Waals surface area contributed by atoms with Crippen LogP contribution in [-0.2, 0) is 6.42 Å². The van der Waals surface area contributed by atoms with E-state index in [1.807, 2.05) is 19.1 Å². The highest BCUT2D eigenvalue weighted by atomic mass is 35.5. The summed E-state index contributed by atoms with van der Waals surface area (Å²) in [7, 11) is 0. The Balaban J connectivity index is 1.62. The lowest BCUT2D eigenvalue weighted by atomic mass is 10.1. The number of nitrogens with zero attached hydrogens (tertiary/aromatic N) is 4. The van der Waals surface area contributed by atoms with Gasteiger partial charge in [0.15, 0.2) is 11.6 Å². The van der Waals surface area contributed by atoms with E-state index in [1.165, 1.54) is 30.3 Å². The number of rotatable bonds is 5. The maximum Gasteiger partial charge on any atom is 0.249 e. The van der Waals surface area contributed by atoms with Crippen molar-refractivity contribution in [2.24, 2.45) is 0 Å². The number of benzene rings is 2. The van der Waals surface area contributed by atoms with E-state index < -0.39 is 5.82 Å². The first-order valence-corrected chi connectivity index (χ1v) is 9.79. The molecule has 0 spiro atoms. The highest BCUT2D eigenvalue weighted by molar-refractivity contribution is 6.32. The maximum atomic E-state index is 15.2. The van der Waals surface area contributed by atoms with Crippen molar-refractivity contribution in [3.05, 3.63) is 87.2 Å². The lowest BCUT2D eigenvalue weighted by molar-refractivity contribution is 0.437. The minimum Gasteiger partial charge on any atom is -0.453 e. The first-order chi connectivity index (χ1) is 14.9. The second kappa shape index (κ2) is 8.72. The Bertz CT molecular complexity index is 1320. The van der Waals surface area contributed by atoms with Gasteiger partial charge in [0.1, 0.15) is 5.75 Å². The van der Waals surface area contributed by atoms with Crippen LogP contribution in [0.4, 0.5) is 4.39 Å². The molecule has 0 unspecified atom stereocenters. The van der Waals surface area contributed by atoms with Crippen LogP contribution in [0.5, 0.6) is 11.5 Å². The summed E-state index contributed by atoms with van der Waals surface area (Å²) in [6.45, 7) is 1.90. The molecule has 4 aromatic rings. The molecule has 0 fully saturated rings. The van der Waals surface area contributed by atoms with Crippen LogP contribution in [0.2, 0.25) is 10.0 Å². The van der Waals surface area contributed by atoms with Crippen molar-refractivity contribution >= 4 is 23.2 Å². The number of pyridine rings is 1. The molecule has 9 heteroatoms. The zero-order chi connectivity index (χ0) is 22.0. The van der Waals surface area contributed by atoms with Crippen molar-refractivity contribution in [2.75, 3.05) is 0 Å². The van der Waals surface area contributed by atoms with Crippen LogP contribution in [0.3, 0.4) is 0 Å². The van der Waals surface area contributed by atoms with Crippen molar-refractivity contribution in [3.63, 3.8) is 0 Å². The molecule has 0 amide bonds. The van der Waals surface area contributed by atoms with Crippen LogP contribution in [0, 0.1) is 24.1 Å². The average Bonchev–Trinajstić information content (AvgIpc) is 3.21. The standard InChI is InChI=1S/C22H13Cl2FN4O2/c1-12-4-5-27-11-17(12)22-29-28-19(31-22)8-14-2-3-18(24)21(20(14)25)30-16-7-13(10-26)6-15(23)9-16/h2-7,9,11H,8H2,1H3. The van der Waals surface area contributed by atoms with Gasteiger partial charge in [0.2, 0.25) is 11.8 Å². The smallest absolute Gasteiger partial charge is 0.249 e. The minimum atomic E-state index is -0.678. The van der Waals surface area contributed by atoms with Gasteiger partial charge in [-0.25, -0.2) is 4.39 Å². The molecule has 0 aliphatic carbocycles. The third-order valence-electron chi connectivity index (χ3n) is 4.43. The van der Waals surface area contributed by atoms with Crippen molar-refractivity contribution in [1.82, 2.24) is 15.2 Å². The van der Waals surface area contributed by atoms with Crippen LogP contribution in [0.1, 0.15) is 22.6 Å². The maximum absolute atomic E-state index is 15.2. The quantitative estimate of drug-likeness (QED) is 0.359. The first-order valence-electron chi connectivity index (χ1n) is 9.03. The molecule has 0 saturated heterocycles. The number of aryl methyl sites for hydroxylation is 1. The molecule has 0 radical (unpaired) electrons. The van der Waals surface area contributed by atoms with Gasteiger partial charge in [0.05, 0.1) is 28.6 Å². The fourth-order valence-electron chi connectivity index (χ4n) is 2.89. The second-order valence-electron chi connectivity index (χ2n) is 6.61. The van der Waals surface area contributed by atoms with Gasteiger partial charge in [-0.15, -0.1) is 10.2 Å². The predicted octanol–water partition coefficient (Wildman–Crippen LogP) is 6.14. The van der Waals surface area contributed by atoms with E-state index in [1.54, 1.807) is 12.4 Å². The van der Waals surface area contributed by atoms with Gasteiger partial charge in [-0.2, -0.15) is 5.26 Å². The molecule has 2 heterocycles. The third-order valence-corrected chi connectivity index (χ3v) is 4.94. The summed E-state index contributed by atoms with van der Waals surface area (Å²) in [5, 5.41) is 17.5. The first kappa shape index (κ1) is 20.8. The second-order valence-corrected chi connectivity index (χ2v) is 7.45. The normalized spacial score (nSPS) is 10.7. The molecule has 0 aliphatic rings. The summed E-state index contributed by atoms with van der Waals surface area (Å²) in [6.07, 6.45) is 3.33. The lowest BCUT2D eigenvalue weighted by Gasteiger charge is -2.11. The van der Waals surface area contributed by atoms with E-state index in [0.717, 1.165) is 5.56 Å². The van der Waals surface area contributed by atoms with Crippen LogP contribution >= 0.6 is 23.2 Å². The number of hydrogen-bond acceptors (Lipinski definition) is 6. The number of nitriles is 1. The molecule has 2 aromatic heterocycles. The number of aromatic nitrogens is 3. The summed E-state index contributed by atoms with van der Waals surface area (Å²) in [6, 6.07) is 11.2. The monoisotopic (exact) mass is 454 g/mol.